The summed E-state index contributed by atoms with van der Waals surface area (Å²) in [4.78, 5) is 35.6. The summed E-state index contributed by atoms with van der Waals surface area (Å²) in [5.41, 5.74) is -1.34. The second-order valence-electron chi connectivity index (χ2n) is 6.26. The molecular formula is C14H23ClN2O5Si. The molecule has 0 unspecified atom stereocenters. The molecule has 0 aliphatic carbocycles. The SMILES string of the molecule is CCOC(=O)Cn1c(=O)cc(Cl)n(COCC[Si](C)(C)C)c1=O. The largest absolute Gasteiger partial charge is 0.465 e. The Bertz CT molecular complexity index is 663. The van der Waals surface area contributed by atoms with Gasteiger partial charge in [0.1, 0.15) is 18.4 Å². The van der Waals surface area contributed by atoms with Gasteiger partial charge in [-0.3, -0.25) is 14.2 Å². The molecule has 0 aromatic carbocycles. The van der Waals surface area contributed by atoms with E-state index in [2.05, 4.69) is 19.6 Å². The van der Waals surface area contributed by atoms with E-state index < -0.39 is 31.8 Å². The lowest BCUT2D eigenvalue weighted by Gasteiger charge is -2.16. The van der Waals surface area contributed by atoms with E-state index in [9.17, 15) is 14.4 Å². The van der Waals surface area contributed by atoms with Crippen LogP contribution in [0.5, 0.6) is 0 Å². The molecule has 130 valence electrons. The average Bonchev–Trinajstić information content (AvgIpc) is 2.41. The first-order valence-corrected chi connectivity index (χ1v) is 11.5. The van der Waals surface area contributed by atoms with Gasteiger partial charge in [-0.2, -0.15) is 0 Å². The van der Waals surface area contributed by atoms with Crippen LogP contribution >= 0.6 is 11.6 Å². The van der Waals surface area contributed by atoms with Crippen LogP contribution in [0.4, 0.5) is 0 Å². The number of rotatable bonds is 8. The topological polar surface area (TPSA) is 79.5 Å². The van der Waals surface area contributed by atoms with Crippen LogP contribution in [0.1, 0.15) is 6.92 Å². The van der Waals surface area contributed by atoms with Crippen molar-refractivity contribution in [1.29, 1.82) is 0 Å². The summed E-state index contributed by atoms with van der Waals surface area (Å²) in [7, 11) is -1.24. The molecule has 9 heteroatoms. The predicted octanol–water partition coefficient (Wildman–Crippen LogP) is 1.54. The maximum absolute atomic E-state index is 12.3. The van der Waals surface area contributed by atoms with Crippen LogP contribution < -0.4 is 11.2 Å². The van der Waals surface area contributed by atoms with Gasteiger partial charge in [0, 0.05) is 20.7 Å². The highest BCUT2D eigenvalue weighted by atomic mass is 35.5. The van der Waals surface area contributed by atoms with E-state index in [1.54, 1.807) is 6.92 Å². The van der Waals surface area contributed by atoms with E-state index in [0.717, 1.165) is 21.2 Å². The third-order valence-electron chi connectivity index (χ3n) is 3.04. The van der Waals surface area contributed by atoms with Gasteiger partial charge in [0.25, 0.3) is 5.56 Å². The molecule has 0 amide bonds. The van der Waals surface area contributed by atoms with Gasteiger partial charge in [0.05, 0.1) is 6.61 Å². The summed E-state index contributed by atoms with van der Waals surface area (Å²) in [5.74, 6) is -0.653. The molecule has 7 nitrogen and oxygen atoms in total. The van der Waals surface area contributed by atoms with Gasteiger partial charge in [0.2, 0.25) is 0 Å². The van der Waals surface area contributed by atoms with E-state index in [-0.39, 0.29) is 18.5 Å². The number of carbonyl (C=O) groups excluding carboxylic acids is 1. The van der Waals surface area contributed by atoms with E-state index in [1.807, 2.05) is 0 Å². The van der Waals surface area contributed by atoms with Crippen molar-refractivity contribution in [3.05, 3.63) is 32.1 Å². The Kier molecular flexibility index (Phi) is 7.24. The smallest absolute Gasteiger partial charge is 0.334 e. The van der Waals surface area contributed by atoms with E-state index in [0.29, 0.717) is 6.61 Å². The van der Waals surface area contributed by atoms with E-state index in [4.69, 9.17) is 21.1 Å². The van der Waals surface area contributed by atoms with Gasteiger partial charge in [0.15, 0.2) is 0 Å². The fraction of sp³-hybridized carbons (Fsp3) is 0.643. The molecule has 0 fully saturated rings. The number of hydrogen-bond donors (Lipinski definition) is 0. The van der Waals surface area contributed by atoms with E-state index in [1.165, 1.54) is 0 Å². The quantitative estimate of drug-likeness (QED) is 0.303. The van der Waals surface area contributed by atoms with Gasteiger partial charge in [-0.15, -0.1) is 0 Å². The number of esters is 1. The minimum atomic E-state index is -1.24. The molecule has 1 aromatic heterocycles. The molecule has 0 saturated carbocycles. The van der Waals surface area contributed by atoms with Crippen molar-refractivity contribution in [1.82, 2.24) is 9.13 Å². The molecule has 0 N–H and O–H groups in total. The minimum Gasteiger partial charge on any atom is -0.465 e. The summed E-state index contributed by atoms with van der Waals surface area (Å²) in [5, 5.41) is -0.0203. The lowest BCUT2D eigenvalue weighted by atomic mass is 10.5. The standard InChI is InChI=1S/C14H23ClN2O5Si/c1-5-22-13(19)9-16-12(18)8-11(15)17(14(16)20)10-21-6-7-23(2,3)4/h8H,5-7,9-10H2,1-4H3. The molecular weight excluding hydrogens is 340 g/mol. The average molecular weight is 363 g/mol. The number of hydrogen-bond acceptors (Lipinski definition) is 5. The second-order valence-corrected chi connectivity index (χ2v) is 12.3. The molecule has 1 heterocycles. The molecule has 0 aliphatic heterocycles. The monoisotopic (exact) mass is 362 g/mol. The van der Waals surface area contributed by atoms with Crippen LogP contribution in [-0.4, -0.2) is 36.4 Å². The fourth-order valence-electron chi connectivity index (χ4n) is 1.72. The fourth-order valence-corrected chi connectivity index (χ4v) is 2.69. The maximum Gasteiger partial charge on any atom is 0.334 e. The molecule has 23 heavy (non-hydrogen) atoms. The highest BCUT2D eigenvalue weighted by molar-refractivity contribution is 6.76. The number of ether oxygens (including phenoxy) is 2. The minimum absolute atomic E-state index is 0.0203. The van der Waals surface area contributed by atoms with Gasteiger partial charge < -0.3 is 9.47 Å². The Morgan fingerprint density at radius 1 is 1.26 bits per heavy atom. The Morgan fingerprint density at radius 3 is 2.48 bits per heavy atom. The van der Waals surface area contributed by atoms with Gasteiger partial charge >= 0.3 is 11.7 Å². The van der Waals surface area contributed by atoms with E-state index >= 15 is 0 Å². The van der Waals surface area contributed by atoms with Crippen LogP contribution in [0.15, 0.2) is 15.7 Å². The summed E-state index contributed by atoms with van der Waals surface area (Å²) < 4.78 is 12.1. The van der Waals surface area contributed by atoms with Crippen molar-refractivity contribution < 1.29 is 14.3 Å². The summed E-state index contributed by atoms with van der Waals surface area (Å²) >= 11 is 5.94. The van der Waals surface area contributed by atoms with Crippen molar-refractivity contribution in [2.75, 3.05) is 13.2 Å². The zero-order valence-electron chi connectivity index (χ0n) is 13.9. The Labute approximate surface area is 140 Å². The van der Waals surface area contributed by atoms with Crippen LogP contribution in [0.2, 0.25) is 30.8 Å². The number of halogens is 1. The lowest BCUT2D eigenvalue weighted by Crippen LogP contribution is -2.42. The first-order chi connectivity index (χ1) is 10.7. The van der Waals surface area contributed by atoms with Crippen molar-refractivity contribution in [3.8, 4) is 0 Å². The molecule has 1 aromatic rings. The maximum atomic E-state index is 12.3. The van der Waals surface area contributed by atoms with Gasteiger partial charge in [-0.1, -0.05) is 31.2 Å². The molecule has 1 rings (SSSR count). The van der Waals surface area contributed by atoms with Crippen molar-refractivity contribution in [2.24, 2.45) is 0 Å². The molecule has 0 spiro atoms. The Balaban J connectivity index is 2.90. The molecule has 0 atom stereocenters. The number of carbonyl (C=O) groups is 1. The molecule has 0 radical (unpaired) electrons. The van der Waals surface area contributed by atoms with Crippen LogP contribution in [0, 0.1) is 0 Å². The first-order valence-electron chi connectivity index (χ1n) is 7.39. The van der Waals surface area contributed by atoms with Crippen molar-refractivity contribution >= 4 is 25.6 Å². The summed E-state index contributed by atoms with van der Waals surface area (Å²) in [6.07, 6.45) is 0. The highest BCUT2D eigenvalue weighted by Crippen LogP contribution is 2.08. The first kappa shape index (κ1) is 19.7. The van der Waals surface area contributed by atoms with Crippen LogP contribution in [0.3, 0.4) is 0 Å². The third kappa shape index (κ3) is 6.32. The van der Waals surface area contributed by atoms with Crippen molar-refractivity contribution in [2.45, 2.75) is 45.9 Å². The summed E-state index contributed by atoms with van der Waals surface area (Å²) in [6, 6.07) is 2.03. The molecule has 0 aliphatic rings. The van der Waals surface area contributed by atoms with Gasteiger partial charge in [-0.25, -0.2) is 9.36 Å². The second kappa shape index (κ2) is 8.46. The molecule has 0 bridgehead atoms. The number of nitrogens with zero attached hydrogens (tertiary/aromatic N) is 2. The van der Waals surface area contributed by atoms with Crippen LogP contribution in [0.25, 0.3) is 0 Å². The third-order valence-corrected chi connectivity index (χ3v) is 5.05. The lowest BCUT2D eigenvalue weighted by molar-refractivity contribution is -0.144. The van der Waals surface area contributed by atoms with Crippen LogP contribution in [-0.2, 0) is 27.5 Å². The number of aromatic nitrogens is 2. The Hall–Kier alpha value is -1.38. The normalized spacial score (nSPS) is 11.5. The van der Waals surface area contributed by atoms with Gasteiger partial charge in [-0.05, 0) is 13.0 Å². The van der Waals surface area contributed by atoms with Crippen molar-refractivity contribution in [3.63, 3.8) is 0 Å². The zero-order chi connectivity index (χ0) is 17.6. The molecule has 0 saturated heterocycles. The zero-order valence-corrected chi connectivity index (χ0v) is 15.7. The highest BCUT2D eigenvalue weighted by Gasteiger charge is 2.15. The Morgan fingerprint density at radius 2 is 1.91 bits per heavy atom. The summed E-state index contributed by atoms with van der Waals surface area (Å²) in [6.45, 7) is 8.47. The predicted molar refractivity (Wildman–Crippen MR) is 90.7 cm³/mol.